The van der Waals surface area contributed by atoms with Gasteiger partial charge < -0.3 is 41.4 Å². The van der Waals surface area contributed by atoms with Gasteiger partial charge >= 0.3 is 11.9 Å². The highest BCUT2D eigenvalue weighted by Crippen LogP contribution is 2.19. The summed E-state index contributed by atoms with van der Waals surface area (Å²) in [6.45, 7) is 0.629. The molecule has 0 radical (unpaired) electrons. The molecule has 3 heterocycles. The molecule has 0 bridgehead atoms. The molecule has 0 aliphatic carbocycles. The maximum absolute atomic E-state index is 13.3. The van der Waals surface area contributed by atoms with Gasteiger partial charge in [0.2, 0.25) is 17.7 Å². The number of H-pyrrole nitrogens is 2. The molecule has 14 heteroatoms. The minimum Gasteiger partial charge on any atom is -0.481 e. The average Bonchev–Trinajstić information content (AvgIpc) is 3.70. The van der Waals surface area contributed by atoms with E-state index in [9.17, 15) is 34.2 Å². The first-order valence-corrected chi connectivity index (χ1v) is 12.8. The number of nitrogens with one attached hydrogen (secondary N) is 6. The normalized spacial score (nSPS) is 17.1. The number of nitrogens with zero attached hydrogens (tertiary/aromatic N) is 1. The van der Waals surface area contributed by atoms with Gasteiger partial charge in [-0.2, -0.15) is 0 Å². The van der Waals surface area contributed by atoms with Crippen molar-refractivity contribution >= 4 is 40.6 Å². The number of carbonyl (C=O) groups excluding carboxylic acids is 3. The zero-order valence-corrected chi connectivity index (χ0v) is 21.5. The number of imidazole rings is 1. The van der Waals surface area contributed by atoms with Gasteiger partial charge in [-0.05, 0) is 31.0 Å². The van der Waals surface area contributed by atoms with Crippen molar-refractivity contribution < 1.29 is 34.2 Å². The largest absolute Gasteiger partial charge is 0.481 e. The smallest absolute Gasteiger partial charge is 0.326 e. The molecular formula is C26H31N7O7. The number of rotatable bonds is 13. The van der Waals surface area contributed by atoms with Crippen molar-refractivity contribution in [3.63, 3.8) is 0 Å². The van der Waals surface area contributed by atoms with E-state index in [-0.39, 0.29) is 12.8 Å². The lowest BCUT2D eigenvalue weighted by Gasteiger charge is -2.24. The lowest BCUT2D eigenvalue weighted by atomic mass is 10.0. The molecule has 3 amide bonds. The van der Waals surface area contributed by atoms with Gasteiger partial charge in [0.15, 0.2) is 0 Å². The molecule has 212 valence electrons. The Balaban J connectivity index is 1.50. The minimum absolute atomic E-state index is 0.0259. The summed E-state index contributed by atoms with van der Waals surface area (Å²) in [7, 11) is 0. The van der Waals surface area contributed by atoms with E-state index < -0.39 is 60.2 Å². The fourth-order valence-corrected chi connectivity index (χ4v) is 4.66. The van der Waals surface area contributed by atoms with Gasteiger partial charge in [-0.3, -0.25) is 19.2 Å². The van der Waals surface area contributed by atoms with Gasteiger partial charge in [-0.15, -0.1) is 0 Å². The molecule has 1 aliphatic heterocycles. The number of aromatic nitrogens is 3. The van der Waals surface area contributed by atoms with E-state index in [1.54, 1.807) is 6.20 Å². The maximum Gasteiger partial charge on any atom is 0.326 e. The van der Waals surface area contributed by atoms with Crippen LogP contribution in [0.4, 0.5) is 0 Å². The van der Waals surface area contributed by atoms with Crippen LogP contribution in [0.3, 0.4) is 0 Å². The number of carboxylic acid groups (broad SMARTS) is 2. The van der Waals surface area contributed by atoms with Crippen molar-refractivity contribution in [2.24, 2.45) is 0 Å². The molecule has 4 unspecified atom stereocenters. The topological polar surface area (TPSA) is 218 Å². The molecular weight excluding hydrogens is 522 g/mol. The van der Waals surface area contributed by atoms with E-state index in [1.165, 1.54) is 12.5 Å². The lowest BCUT2D eigenvalue weighted by molar-refractivity contribution is -0.143. The van der Waals surface area contributed by atoms with Gasteiger partial charge in [0.25, 0.3) is 0 Å². The maximum atomic E-state index is 13.3. The highest BCUT2D eigenvalue weighted by molar-refractivity contribution is 5.96. The van der Waals surface area contributed by atoms with Gasteiger partial charge in [0, 0.05) is 41.8 Å². The molecule has 14 nitrogen and oxygen atoms in total. The Morgan fingerprint density at radius 2 is 1.70 bits per heavy atom. The fourth-order valence-electron chi connectivity index (χ4n) is 4.66. The Labute approximate surface area is 228 Å². The fraction of sp³-hybridized carbons (Fsp3) is 0.385. The summed E-state index contributed by atoms with van der Waals surface area (Å²) in [5, 5.41) is 30.4. The van der Waals surface area contributed by atoms with Crippen LogP contribution in [0.5, 0.6) is 0 Å². The van der Waals surface area contributed by atoms with Crippen molar-refractivity contribution in [3.05, 3.63) is 54.2 Å². The number of hydrogen-bond donors (Lipinski definition) is 8. The Morgan fingerprint density at radius 3 is 2.38 bits per heavy atom. The Hall–Kier alpha value is -4.72. The monoisotopic (exact) mass is 553 g/mol. The van der Waals surface area contributed by atoms with E-state index >= 15 is 0 Å². The predicted octanol–water partition coefficient (Wildman–Crippen LogP) is -0.558. The van der Waals surface area contributed by atoms with Gasteiger partial charge in [-0.25, -0.2) is 9.78 Å². The van der Waals surface area contributed by atoms with Crippen molar-refractivity contribution in [1.29, 1.82) is 0 Å². The van der Waals surface area contributed by atoms with Crippen molar-refractivity contribution in [3.8, 4) is 0 Å². The van der Waals surface area contributed by atoms with Crippen LogP contribution in [0.1, 0.15) is 30.5 Å². The number of amides is 3. The summed E-state index contributed by atoms with van der Waals surface area (Å²) >= 11 is 0. The van der Waals surface area contributed by atoms with Crippen LogP contribution in [0, 0.1) is 0 Å². The molecule has 0 spiro atoms. The minimum atomic E-state index is -1.45. The highest BCUT2D eigenvalue weighted by Gasteiger charge is 2.33. The van der Waals surface area contributed by atoms with Crippen LogP contribution in [-0.2, 0) is 36.8 Å². The number of carbonyl (C=O) groups is 5. The summed E-state index contributed by atoms with van der Waals surface area (Å²) in [5.74, 6) is -4.80. The molecule has 3 aromatic rings. The SMILES string of the molecule is O=C(O)CC(NC(=O)C1CCCN1)C(=O)NC(Cc1cnc[nH]1)C(=O)NC(Cc1c[nH]c2ccccc12)C(=O)O. The van der Waals surface area contributed by atoms with E-state index in [0.29, 0.717) is 24.2 Å². The second-order valence-electron chi connectivity index (χ2n) is 9.61. The second kappa shape index (κ2) is 12.9. The third kappa shape index (κ3) is 7.22. The van der Waals surface area contributed by atoms with Crippen LogP contribution in [0.2, 0.25) is 0 Å². The summed E-state index contributed by atoms with van der Waals surface area (Å²) < 4.78 is 0. The number of aliphatic carboxylic acids is 2. The molecule has 0 saturated carbocycles. The zero-order valence-electron chi connectivity index (χ0n) is 21.5. The standard InChI is InChI=1S/C26H31N7O7/c34-22(35)10-20(32-23(36)18-6-3-7-28-18)25(38)31-19(9-15-12-27-13-30-15)24(37)33-21(26(39)40)8-14-11-29-17-5-2-1-4-16(14)17/h1-2,4-5,11-13,18-21,28-29H,3,6-10H2,(H,27,30)(H,31,38)(H,32,36)(H,33,37)(H,34,35)(H,39,40). The number of para-hydroxylation sites is 1. The first-order valence-electron chi connectivity index (χ1n) is 12.8. The molecule has 2 aromatic heterocycles. The van der Waals surface area contributed by atoms with Crippen LogP contribution in [0.15, 0.2) is 43.0 Å². The molecule has 1 aliphatic rings. The Morgan fingerprint density at radius 1 is 0.950 bits per heavy atom. The highest BCUT2D eigenvalue weighted by atomic mass is 16.4. The molecule has 40 heavy (non-hydrogen) atoms. The van der Waals surface area contributed by atoms with Gasteiger partial charge in [0.05, 0.1) is 18.8 Å². The lowest BCUT2D eigenvalue weighted by Crippen LogP contribution is -2.58. The van der Waals surface area contributed by atoms with E-state index in [2.05, 4.69) is 36.2 Å². The molecule has 4 atom stereocenters. The number of hydrogen-bond acceptors (Lipinski definition) is 7. The summed E-state index contributed by atoms with van der Waals surface area (Å²) in [6, 6.07) is 2.72. The average molecular weight is 554 g/mol. The van der Waals surface area contributed by atoms with E-state index in [4.69, 9.17) is 0 Å². The van der Waals surface area contributed by atoms with Gasteiger partial charge in [0.1, 0.15) is 18.1 Å². The third-order valence-corrected chi connectivity index (χ3v) is 6.71. The van der Waals surface area contributed by atoms with Crippen LogP contribution in [0.25, 0.3) is 10.9 Å². The van der Waals surface area contributed by atoms with E-state index in [1.807, 2.05) is 24.3 Å². The van der Waals surface area contributed by atoms with Crippen LogP contribution >= 0.6 is 0 Å². The molecule has 1 aromatic carbocycles. The Kier molecular flexibility index (Phi) is 9.11. The number of fused-ring (bicyclic) bond motifs is 1. The third-order valence-electron chi connectivity index (χ3n) is 6.71. The van der Waals surface area contributed by atoms with Crippen molar-refractivity contribution in [1.82, 2.24) is 36.2 Å². The van der Waals surface area contributed by atoms with Crippen LogP contribution in [-0.4, -0.2) is 85.5 Å². The first kappa shape index (κ1) is 28.3. The number of aromatic amines is 2. The second-order valence-corrected chi connectivity index (χ2v) is 9.61. The summed E-state index contributed by atoms with van der Waals surface area (Å²) in [6.07, 6.45) is 4.99. The zero-order chi connectivity index (χ0) is 28.6. The predicted molar refractivity (Wildman–Crippen MR) is 141 cm³/mol. The summed E-state index contributed by atoms with van der Waals surface area (Å²) in [5.41, 5.74) is 1.97. The van der Waals surface area contributed by atoms with Crippen molar-refractivity contribution in [2.45, 2.75) is 56.3 Å². The Bertz CT molecular complexity index is 1360. The summed E-state index contributed by atoms with van der Waals surface area (Å²) in [4.78, 5) is 72.4. The molecule has 1 fully saturated rings. The molecule has 1 saturated heterocycles. The molecule has 8 N–H and O–H groups in total. The van der Waals surface area contributed by atoms with Crippen LogP contribution < -0.4 is 21.3 Å². The van der Waals surface area contributed by atoms with E-state index in [0.717, 1.165) is 17.3 Å². The quantitative estimate of drug-likeness (QED) is 0.136. The van der Waals surface area contributed by atoms with Crippen molar-refractivity contribution in [2.75, 3.05) is 6.54 Å². The molecule has 4 rings (SSSR count). The number of benzene rings is 1. The van der Waals surface area contributed by atoms with Gasteiger partial charge in [-0.1, -0.05) is 18.2 Å². The first-order chi connectivity index (χ1) is 19.2. The number of carboxylic acids is 2.